The molecule has 3 amide bonds. The second-order valence-electron chi connectivity index (χ2n) is 8.55. The summed E-state index contributed by atoms with van der Waals surface area (Å²) in [5.74, 6) is -1.51. The van der Waals surface area contributed by atoms with Crippen molar-refractivity contribution in [2.24, 2.45) is 0 Å². The Labute approximate surface area is 234 Å². The number of rotatable bonds is 8. The second kappa shape index (κ2) is 12.0. The van der Waals surface area contributed by atoms with E-state index in [0.29, 0.717) is 12.1 Å². The van der Waals surface area contributed by atoms with Crippen LogP contribution in [0.25, 0.3) is 0 Å². The van der Waals surface area contributed by atoms with Crippen LogP contribution < -0.4 is 16.0 Å². The molecule has 1 fully saturated rings. The lowest BCUT2D eigenvalue weighted by atomic mass is 10.2. The van der Waals surface area contributed by atoms with Gasteiger partial charge in [-0.15, -0.1) is 0 Å². The molecule has 11 nitrogen and oxygen atoms in total. The summed E-state index contributed by atoms with van der Waals surface area (Å²) in [4.78, 5) is 37.4. The Bertz CT molecular complexity index is 1520. The summed E-state index contributed by atoms with van der Waals surface area (Å²) in [7, 11) is -3.83. The topological polar surface area (TPSA) is 153 Å². The molecule has 3 aromatic rings. The van der Waals surface area contributed by atoms with E-state index in [2.05, 4.69) is 26.1 Å². The zero-order chi connectivity index (χ0) is 28.2. The predicted octanol–water partition coefficient (Wildman–Crippen LogP) is 3.68. The lowest BCUT2D eigenvalue weighted by Crippen LogP contribution is -2.39. The summed E-state index contributed by atoms with van der Waals surface area (Å²) in [6.45, 7) is 1.97. The van der Waals surface area contributed by atoms with E-state index in [9.17, 15) is 22.8 Å². The van der Waals surface area contributed by atoms with Gasteiger partial charge >= 0.3 is 0 Å². The number of hydrogen-bond donors (Lipinski definition) is 4. The first-order chi connectivity index (χ1) is 18.6. The van der Waals surface area contributed by atoms with Gasteiger partial charge in [-0.2, -0.15) is 9.40 Å². The van der Waals surface area contributed by atoms with E-state index in [0.717, 1.165) is 0 Å². The summed E-state index contributed by atoms with van der Waals surface area (Å²) in [5.41, 5.74) is 0.613. The van der Waals surface area contributed by atoms with Crippen molar-refractivity contribution in [3.63, 3.8) is 0 Å². The first-order valence-corrected chi connectivity index (χ1v) is 13.9. The van der Waals surface area contributed by atoms with Crippen LogP contribution in [-0.4, -0.2) is 59.8 Å². The fourth-order valence-corrected chi connectivity index (χ4v) is 6.04. The van der Waals surface area contributed by atoms with E-state index in [1.807, 2.05) is 0 Å². The van der Waals surface area contributed by atoms with Crippen molar-refractivity contribution in [1.29, 1.82) is 0 Å². The maximum absolute atomic E-state index is 13.1. The van der Waals surface area contributed by atoms with E-state index >= 15 is 0 Å². The molecule has 1 aliphatic heterocycles. The van der Waals surface area contributed by atoms with Crippen LogP contribution in [0.15, 0.2) is 65.7 Å². The van der Waals surface area contributed by atoms with Crippen LogP contribution in [-0.2, 0) is 14.8 Å². The number of H-pyrrole nitrogens is 1. The SMILES string of the molecule is CC=CC(=O)Nc1ccc(S(=O)(=O)N2CC[C@H](NC(=O)c3[nH]ncc3NC(=O)c3c(Cl)cccc3Cl)C2)cc1. The third kappa shape index (κ3) is 6.48. The smallest absolute Gasteiger partial charge is 0.271 e. The maximum atomic E-state index is 13.1. The van der Waals surface area contributed by atoms with Crippen molar-refractivity contribution >= 4 is 62.3 Å². The molecule has 14 heteroatoms. The fraction of sp³-hybridized carbons (Fsp3) is 0.200. The van der Waals surface area contributed by atoms with E-state index in [4.69, 9.17) is 23.2 Å². The van der Waals surface area contributed by atoms with E-state index in [-0.39, 0.29) is 50.9 Å². The summed E-state index contributed by atoms with van der Waals surface area (Å²) in [6, 6.07) is 10.0. The third-order valence-corrected chi connectivity index (χ3v) is 8.38. The number of carbonyl (C=O) groups excluding carboxylic acids is 3. The molecule has 2 heterocycles. The Morgan fingerprint density at radius 3 is 2.41 bits per heavy atom. The van der Waals surface area contributed by atoms with Gasteiger partial charge in [-0.25, -0.2) is 8.42 Å². The van der Waals surface area contributed by atoms with Crippen molar-refractivity contribution in [3.05, 3.63) is 82.1 Å². The molecule has 204 valence electrons. The number of nitrogens with zero attached hydrogens (tertiary/aromatic N) is 2. The number of sulfonamides is 1. The first kappa shape index (κ1) is 28.3. The van der Waals surface area contributed by atoms with Gasteiger partial charge in [0.25, 0.3) is 11.8 Å². The lowest BCUT2D eigenvalue weighted by molar-refractivity contribution is -0.111. The normalized spacial score (nSPS) is 15.8. The van der Waals surface area contributed by atoms with Gasteiger partial charge in [0, 0.05) is 24.8 Å². The number of allylic oxidation sites excluding steroid dienone is 1. The molecule has 1 aromatic heterocycles. The molecule has 0 saturated carbocycles. The summed E-state index contributed by atoms with van der Waals surface area (Å²) < 4.78 is 27.5. The van der Waals surface area contributed by atoms with Crippen molar-refractivity contribution in [2.75, 3.05) is 23.7 Å². The Morgan fingerprint density at radius 2 is 1.74 bits per heavy atom. The average molecular weight is 591 g/mol. The van der Waals surface area contributed by atoms with Crippen molar-refractivity contribution in [1.82, 2.24) is 19.8 Å². The second-order valence-corrected chi connectivity index (χ2v) is 11.3. The number of benzene rings is 2. The van der Waals surface area contributed by atoms with Gasteiger partial charge in [0.1, 0.15) is 5.69 Å². The third-order valence-electron chi connectivity index (χ3n) is 5.87. The highest BCUT2D eigenvalue weighted by atomic mass is 35.5. The fourth-order valence-electron chi connectivity index (χ4n) is 3.97. The number of amides is 3. The van der Waals surface area contributed by atoms with Crippen LogP contribution in [0, 0.1) is 0 Å². The number of halogens is 2. The Balaban J connectivity index is 1.38. The van der Waals surface area contributed by atoms with Crippen LogP contribution in [0.2, 0.25) is 10.0 Å². The predicted molar refractivity (Wildman–Crippen MR) is 148 cm³/mol. The lowest BCUT2D eigenvalue weighted by Gasteiger charge is -2.17. The number of aromatic amines is 1. The molecule has 0 spiro atoms. The Hall–Kier alpha value is -3.71. The van der Waals surface area contributed by atoms with Gasteiger partial charge in [-0.05, 0) is 55.8 Å². The van der Waals surface area contributed by atoms with Crippen molar-refractivity contribution in [3.8, 4) is 0 Å². The molecule has 0 aliphatic carbocycles. The van der Waals surface area contributed by atoms with E-state index in [1.165, 1.54) is 53.0 Å². The van der Waals surface area contributed by atoms with E-state index in [1.54, 1.807) is 19.1 Å². The van der Waals surface area contributed by atoms with Gasteiger partial charge in [-0.3, -0.25) is 19.5 Å². The van der Waals surface area contributed by atoms with Crippen molar-refractivity contribution < 1.29 is 22.8 Å². The Morgan fingerprint density at radius 1 is 1.05 bits per heavy atom. The molecule has 39 heavy (non-hydrogen) atoms. The Kier molecular flexibility index (Phi) is 8.70. The highest BCUT2D eigenvalue weighted by Crippen LogP contribution is 2.26. The standard InChI is InChI=1S/C25H24Cl2N6O5S/c1-2-4-21(34)29-15-7-9-17(10-8-15)39(37,38)33-12-11-16(14-33)30-25(36)23-20(13-28-32-23)31-24(35)22-18(26)5-3-6-19(22)27/h2-10,13,16H,11-12,14H2,1H3,(H,28,32)(H,29,34)(H,30,36)(H,31,35)/t16-/m0/s1. The molecule has 0 unspecified atom stereocenters. The van der Waals surface area contributed by atoms with Crippen LogP contribution in [0.5, 0.6) is 0 Å². The molecule has 0 bridgehead atoms. The highest BCUT2D eigenvalue weighted by molar-refractivity contribution is 7.89. The average Bonchev–Trinajstić information content (AvgIpc) is 3.54. The molecule has 1 aliphatic rings. The zero-order valence-electron chi connectivity index (χ0n) is 20.6. The van der Waals surface area contributed by atoms with Gasteiger partial charge in [0.15, 0.2) is 0 Å². The number of aromatic nitrogens is 2. The molecule has 2 aromatic carbocycles. The molecule has 1 atom stereocenters. The largest absolute Gasteiger partial charge is 0.347 e. The highest BCUT2D eigenvalue weighted by Gasteiger charge is 2.34. The molecule has 1 saturated heterocycles. The number of nitrogens with one attached hydrogen (secondary N) is 4. The molecule has 4 N–H and O–H groups in total. The molecule has 0 radical (unpaired) electrons. The van der Waals surface area contributed by atoms with Crippen LogP contribution in [0.4, 0.5) is 11.4 Å². The van der Waals surface area contributed by atoms with Gasteiger partial charge in [0.2, 0.25) is 15.9 Å². The van der Waals surface area contributed by atoms with Crippen LogP contribution in [0.3, 0.4) is 0 Å². The molecular weight excluding hydrogens is 567 g/mol. The number of hydrogen-bond acceptors (Lipinski definition) is 6. The first-order valence-electron chi connectivity index (χ1n) is 11.7. The van der Waals surface area contributed by atoms with Crippen LogP contribution in [0.1, 0.15) is 34.2 Å². The minimum absolute atomic E-state index is 0.0108. The summed E-state index contributed by atoms with van der Waals surface area (Å²) in [6.07, 6.45) is 4.61. The van der Waals surface area contributed by atoms with E-state index < -0.39 is 27.9 Å². The molecular formula is C25H24Cl2N6O5S. The number of anilines is 2. The van der Waals surface area contributed by atoms with Crippen LogP contribution >= 0.6 is 23.2 Å². The van der Waals surface area contributed by atoms with Gasteiger partial charge in [0.05, 0.1) is 32.4 Å². The van der Waals surface area contributed by atoms with Gasteiger partial charge < -0.3 is 16.0 Å². The zero-order valence-corrected chi connectivity index (χ0v) is 22.9. The molecule has 4 rings (SSSR count). The van der Waals surface area contributed by atoms with Gasteiger partial charge in [-0.1, -0.05) is 35.3 Å². The monoisotopic (exact) mass is 590 g/mol. The quantitative estimate of drug-likeness (QED) is 0.293. The minimum atomic E-state index is -3.83. The summed E-state index contributed by atoms with van der Waals surface area (Å²) in [5, 5.41) is 14.7. The summed E-state index contributed by atoms with van der Waals surface area (Å²) >= 11 is 12.2. The minimum Gasteiger partial charge on any atom is -0.347 e. The van der Waals surface area contributed by atoms with Crippen molar-refractivity contribution in [2.45, 2.75) is 24.3 Å². The number of carbonyl (C=O) groups is 3. The maximum Gasteiger partial charge on any atom is 0.271 e.